The summed E-state index contributed by atoms with van der Waals surface area (Å²) in [6, 6.07) is 8.39. The Morgan fingerprint density at radius 1 is 1.24 bits per heavy atom. The predicted octanol–water partition coefficient (Wildman–Crippen LogP) is 3.36. The number of ether oxygens (including phenoxy) is 1. The minimum atomic E-state index is 0.248. The van der Waals surface area contributed by atoms with Crippen LogP contribution in [0.2, 0.25) is 0 Å². The minimum Gasteiger partial charge on any atom is -0.491 e. The van der Waals surface area contributed by atoms with Gasteiger partial charge < -0.3 is 10.1 Å². The summed E-state index contributed by atoms with van der Waals surface area (Å²) in [6.07, 6.45) is 4.48. The van der Waals surface area contributed by atoms with Crippen molar-refractivity contribution in [3.8, 4) is 5.75 Å². The molecule has 1 aliphatic carbocycles. The van der Waals surface area contributed by atoms with Crippen LogP contribution < -0.4 is 10.1 Å². The second kappa shape index (κ2) is 6.06. The monoisotopic (exact) mass is 233 g/mol. The molecule has 1 aromatic carbocycles. The lowest BCUT2D eigenvalue weighted by atomic mass is 10.2. The summed E-state index contributed by atoms with van der Waals surface area (Å²) in [7, 11) is 0. The third-order valence-electron chi connectivity index (χ3n) is 3.05. The molecule has 0 amide bonds. The largest absolute Gasteiger partial charge is 0.491 e. The third kappa shape index (κ3) is 4.78. The van der Waals surface area contributed by atoms with Gasteiger partial charge in [-0.05, 0) is 50.4 Å². The molecule has 0 radical (unpaired) electrons. The number of hydrogen-bond acceptors (Lipinski definition) is 2. The predicted molar refractivity (Wildman–Crippen MR) is 71.3 cm³/mol. The van der Waals surface area contributed by atoms with E-state index < -0.39 is 0 Å². The molecule has 0 bridgehead atoms. The molecule has 1 fully saturated rings. The van der Waals surface area contributed by atoms with Crippen LogP contribution in [0.25, 0.3) is 0 Å². The second-order valence-corrected chi connectivity index (χ2v) is 5.22. The maximum Gasteiger partial charge on any atom is 0.119 e. The Bertz CT molecular complexity index is 327. The Labute approximate surface area is 104 Å². The van der Waals surface area contributed by atoms with Gasteiger partial charge >= 0.3 is 0 Å². The highest BCUT2D eigenvalue weighted by molar-refractivity contribution is 5.27. The highest BCUT2D eigenvalue weighted by Crippen LogP contribution is 2.31. The molecule has 94 valence electrons. The molecular weight excluding hydrogens is 210 g/mol. The molecule has 1 aliphatic rings. The average molecular weight is 233 g/mol. The van der Waals surface area contributed by atoms with Crippen molar-refractivity contribution < 1.29 is 4.74 Å². The van der Waals surface area contributed by atoms with Crippen molar-refractivity contribution in [2.75, 3.05) is 6.54 Å². The van der Waals surface area contributed by atoms with Gasteiger partial charge in [0.15, 0.2) is 0 Å². The summed E-state index contributed by atoms with van der Waals surface area (Å²) in [5, 5.41) is 3.49. The molecule has 0 unspecified atom stereocenters. The van der Waals surface area contributed by atoms with Crippen LogP contribution in [0.15, 0.2) is 24.3 Å². The van der Waals surface area contributed by atoms with E-state index in [1.807, 2.05) is 13.8 Å². The van der Waals surface area contributed by atoms with Crippen LogP contribution in [-0.2, 0) is 6.54 Å². The Morgan fingerprint density at radius 3 is 2.53 bits per heavy atom. The van der Waals surface area contributed by atoms with Crippen LogP contribution in [0.1, 0.15) is 38.7 Å². The maximum atomic E-state index is 5.61. The lowest BCUT2D eigenvalue weighted by Crippen LogP contribution is -2.15. The standard InChI is InChI=1S/C15H23NO/c1-12(2)17-15-7-5-14(6-8-15)11-16-10-9-13-3-4-13/h5-8,12-13,16H,3-4,9-11H2,1-2H3. The molecule has 1 aromatic rings. The average Bonchev–Trinajstić information content (AvgIpc) is 3.10. The number of nitrogens with one attached hydrogen (secondary N) is 1. The van der Waals surface area contributed by atoms with Crippen LogP contribution in [0.4, 0.5) is 0 Å². The lowest BCUT2D eigenvalue weighted by Gasteiger charge is -2.10. The van der Waals surface area contributed by atoms with E-state index in [0.29, 0.717) is 0 Å². The van der Waals surface area contributed by atoms with E-state index in [1.54, 1.807) is 0 Å². The third-order valence-corrected chi connectivity index (χ3v) is 3.05. The van der Waals surface area contributed by atoms with Crippen molar-refractivity contribution in [2.45, 2.75) is 45.8 Å². The highest BCUT2D eigenvalue weighted by atomic mass is 16.5. The summed E-state index contributed by atoms with van der Waals surface area (Å²) in [4.78, 5) is 0. The first-order chi connectivity index (χ1) is 8.24. The molecule has 1 saturated carbocycles. The lowest BCUT2D eigenvalue weighted by molar-refractivity contribution is 0.242. The summed E-state index contributed by atoms with van der Waals surface area (Å²) < 4.78 is 5.61. The van der Waals surface area contributed by atoms with Gasteiger partial charge in [0, 0.05) is 6.54 Å². The van der Waals surface area contributed by atoms with E-state index >= 15 is 0 Å². The number of benzene rings is 1. The Balaban J connectivity index is 1.69. The van der Waals surface area contributed by atoms with E-state index in [1.165, 1.54) is 24.8 Å². The van der Waals surface area contributed by atoms with Crippen LogP contribution in [0, 0.1) is 5.92 Å². The normalized spacial score (nSPS) is 15.2. The molecule has 0 saturated heterocycles. The van der Waals surface area contributed by atoms with Gasteiger partial charge in [0.25, 0.3) is 0 Å². The van der Waals surface area contributed by atoms with Gasteiger partial charge in [-0.15, -0.1) is 0 Å². The Hall–Kier alpha value is -1.02. The van der Waals surface area contributed by atoms with E-state index in [9.17, 15) is 0 Å². The van der Waals surface area contributed by atoms with Gasteiger partial charge in [0.1, 0.15) is 5.75 Å². The van der Waals surface area contributed by atoms with Crippen molar-refractivity contribution in [3.05, 3.63) is 29.8 Å². The first-order valence-electron chi connectivity index (χ1n) is 6.70. The summed E-state index contributed by atoms with van der Waals surface area (Å²) >= 11 is 0. The van der Waals surface area contributed by atoms with Gasteiger partial charge in [0.2, 0.25) is 0 Å². The molecule has 17 heavy (non-hydrogen) atoms. The zero-order valence-corrected chi connectivity index (χ0v) is 10.9. The van der Waals surface area contributed by atoms with Gasteiger partial charge in [-0.1, -0.05) is 25.0 Å². The van der Waals surface area contributed by atoms with Crippen molar-refractivity contribution in [2.24, 2.45) is 5.92 Å². The van der Waals surface area contributed by atoms with Crippen molar-refractivity contribution in [3.63, 3.8) is 0 Å². The van der Waals surface area contributed by atoms with Crippen LogP contribution in [0.3, 0.4) is 0 Å². The second-order valence-electron chi connectivity index (χ2n) is 5.22. The summed E-state index contributed by atoms with van der Waals surface area (Å²) in [6.45, 7) is 6.21. The topological polar surface area (TPSA) is 21.3 Å². The van der Waals surface area contributed by atoms with Gasteiger partial charge in [-0.2, -0.15) is 0 Å². The van der Waals surface area contributed by atoms with Crippen LogP contribution in [-0.4, -0.2) is 12.6 Å². The quantitative estimate of drug-likeness (QED) is 0.729. The fraction of sp³-hybridized carbons (Fsp3) is 0.600. The fourth-order valence-electron chi connectivity index (χ4n) is 1.90. The summed E-state index contributed by atoms with van der Waals surface area (Å²) in [5.74, 6) is 1.98. The van der Waals surface area contributed by atoms with Gasteiger partial charge in [-0.3, -0.25) is 0 Å². The highest BCUT2D eigenvalue weighted by Gasteiger charge is 2.19. The molecule has 0 atom stereocenters. The first kappa shape index (κ1) is 12.4. The molecule has 2 nitrogen and oxygen atoms in total. The van der Waals surface area contributed by atoms with Gasteiger partial charge in [-0.25, -0.2) is 0 Å². The molecular formula is C15H23NO. The SMILES string of the molecule is CC(C)Oc1ccc(CNCCC2CC2)cc1. The van der Waals surface area contributed by atoms with Crippen molar-refractivity contribution >= 4 is 0 Å². The van der Waals surface area contributed by atoms with Crippen LogP contribution in [0.5, 0.6) is 5.75 Å². The zero-order valence-electron chi connectivity index (χ0n) is 10.9. The smallest absolute Gasteiger partial charge is 0.119 e. The van der Waals surface area contributed by atoms with Crippen LogP contribution >= 0.6 is 0 Å². The Kier molecular flexibility index (Phi) is 4.43. The maximum absolute atomic E-state index is 5.61. The van der Waals surface area contributed by atoms with E-state index in [-0.39, 0.29) is 6.10 Å². The molecule has 0 spiro atoms. The van der Waals surface area contributed by atoms with Crippen molar-refractivity contribution in [1.82, 2.24) is 5.32 Å². The number of hydrogen-bond donors (Lipinski definition) is 1. The minimum absolute atomic E-state index is 0.248. The van der Waals surface area contributed by atoms with Crippen molar-refractivity contribution in [1.29, 1.82) is 0 Å². The molecule has 0 heterocycles. The van der Waals surface area contributed by atoms with E-state index in [2.05, 4.69) is 29.6 Å². The molecule has 2 rings (SSSR count). The molecule has 0 aromatic heterocycles. The van der Waals surface area contributed by atoms with E-state index in [4.69, 9.17) is 4.74 Å². The molecule has 0 aliphatic heterocycles. The molecule has 2 heteroatoms. The van der Waals surface area contributed by atoms with Gasteiger partial charge in [0.05, 0.1) is 6.10 Å². The Morgan fingerprint density at radius 2 is 1.94 bits per heavy atom. The van der Waals surface area contributed by atoms with E-state index in [0.717, 1.165) is 24.8 Å². The number of rotatable bonds is 7. The fourth-order valence-corrected chi connectivity index (χ4v) is 1.90. The summed E-state index contributed by atoms with van der Waals surface area (Å²) in [5.41, 5.74) is 1.33. The molecule has 1 N–H and O–H groups in total. The first-order valence-corrected chi connectivity index (χ1v) is 6.70. The zero-order chi connectivity index (χ0) is 12.1.